The van der Waals surface area contributed by atoms with Crippen molar-refractivity contribution in [1.82, 2.24) is 39.9 Å². The first kappa shape index (κ1) is 29.1. The maximum absolute atomic E-state index is 15.5. The molecule has 2 saturated heterocycles. The molecule has 1 atom stereocenters. The second-order valence-corrected chi connectivity index (χ2v) is 10.6. The van der Waals surface area contributed by atoms with Gasteiger partial charge < -0.3 is 20.3 Å². The minimum atomic E-state index is -4.64. The quantitative estimate of drug-likeness (QED) is 0.217. The van der Waals surface area contributed by atoms with Crippen molar-refractivity contribution in [3.05, 3.63) is 60.7 Å². The van der Waals surface area contributed by atoms with Crippen LogP contribution < -0.4 is 20.3 Å². The Hall–Kier alpha value is -4.99. The van der Waals surface area contributed by atoms with Gasteiger partial charge in [0.05, 0.1) is 11.9 Å². The molecular weight excluding hydrogens is 584 g/mol. The maximum Gasteiger partial charge on any atom is 0.446 e. The van der Waals surface area contributed by atoms with Crippen molar-refractivity contribution < 1.29 is 27.1 Å². The molecule has 0 radical (unpaired) electrons. The number of ether oxygens (including phenoxy) is 1. The van der Waals surface area contributed by atoms with Crippen molar-refractivity contribution in [2.24, 2.45) is 5.41 Å². The molecule has 0 saturated carbocycles. The van der Waals surface area contributed by atoms with Crippen LogP contribution in [0, 0.1) is 18.2 Å². The molecule has 5 aromatic rings. The van der Waals surface area contributed by atoms with Gasteiger partial charge in [-0.15, -0.1) is 0 Å². The summed E-state index contributed by atoms with van der Waals surface area (Å²) in [4.78, 5) is 33.1. The first-order valence-corrected chi connectivity index (χ1v) is 13.6. The number of aldehydes is 1. The summed E-state index contributed by atoms with van der Waals surface area (Å²) in [6, 6.07) is 6.84. The van der Waals surface area contributed by atoms with Gasteiger partial charge in [-0.2, -0.15) is 18.3 Å². The summed E-state index contributed by atoms with van der Waals surface area (Å²) >= 11 is 0. The molecule has 12 nitrogen and oxygen atoms in total. The second-order valence-electron chi connectivity index (χ2n) is 10.6. The summed E-state index contributed by atoms with van der Waals surface area (Å²) in [7, 11) is 0. The van der Waals surface area contributed by atoms with Crippen molar-refractivity contribution in [3.8, 4) is 11.5 Å². The lowest BCUT2D eigenvalue weighted by atomic mass is 9.87. The normalized spacial score (nSPS) is 18.1. The van der Waals surface area contributed by atoms with Crippen LogP contribution in [-0.4, -0.2) is 73.2 Å². The largest absolute Gasteiger partial charge is 0.457 e. The first-order valence-electron chi connectivity index (χ1n) is 13.6. The molecule has 1 spiro atoms. The zero-order valence-corrected chi connectivity index (χ0v) is 23.3. The molecule has 7 rings (SSSR count). The van der Waals surface area contributed by atoms with E-state index in [1.165, 1.54) is 19.1 Å². The number of carbonyl (C=O) groups is 1. The number of rotatable bonds is 5. The minimum Gasteiger partial charge on any atom is -0.457 e. The lowest BCUT2D eigenvalue weighted by molar-refractivity contribution is -0.156. The zero-order chi connectivity index (χ0) is 30.9. The Labute approximate surface area is 247 Å². The molecule has 228 valence electrons. The monoisotopic (exact) mass is 610 g/mol. The molecule has 44 heavy (non-hydrogen) atoms. The highest BCUT2D eigenvalue weighted by Gasteiger charge is 2.41. The first-order chi connectivity index (χ1) is 21.1. The van der Waals surface area contributed by atoms with Crippen LogP contribution in [0.4, 0.5) is 35.0 Å². The number of fused-ring (bicyclic) bond motifs is 2. The Bertz CT molecular complexity index is 1820. The number of nitrogens with zero attached hydrogens (tertiary/aromatic N) is 8. The summed E-state index contributed by atoms with van der Waals surface area (Å²) in [5.74, 6) is 1.56. The Morgan fingerprint density at radius 1 is 1.11 bits per heavy atom. The van der Waals surface area contributed by atoms with E-state index in [9.17, 15) is 13.2 Å². The van der Waals surface area contributed by atoms with Crippen LogP contribution in [0.15, 0.2) is 49.3 Å². The smallest absolute Gasteiger partial charge is 0.446 e. The van der Waals surface area contributed by atoms with E-state index in [-0.39, 0.29) is 11.1 Å². The molecule has 1 unspecified atom stereocenters. The number of benzene rings is 1. The SMILES string of the molecule is Cc1c(Oc2ccn3ncnc3c2)ccc(Nc2ncnc3cnc(N4CCC5(CCNC5)C4)nc23)c1F.O=CC(F)(F)F. The van der Waals surface area contributed by atoms with Gasteiger partial charge >= 0.3 is 6.18 Å². The molecular formula is C28H26F4N10O2. The van der Waals surface area contributed by atoms with E-state index in [2.05, 4.69) is 40.6 Å². The van der Waals surface area contributed by atoms with Crippen LogP contribution in [0.3, 0.4) is 0 Å². The van der Waals surface area contributed by atoms with Crippen molar-refractivity contribution in [2.45, 2.75) is 25.9 Å². The van der Waals surface area contributed by atoms with Gasteiger partial charge in [-0.1, -0.05) is 0 Å². The van der Waals surface area contributed by atoms with E-state index >= 15 is 4.39 Å². The Morgan fingerprint density at radius 3 is 2.73 bits per heavy atom. The van der Waals surface area contributed by atoms with Gasteiger partial charge in [0.1, 0.15) is 35.2 Å². The molecule has 1 aromatic carbocycles. The van der Waals surface area contributed by atoms with Gasteiger partial charge in [-0.05, 0) is 44.5 Å². The number of nitrogens with one attached hydrogen (secondary N) is 2. The van der Waals surface area contributed by atoms with Gasteiger partial charge in [-0.25, -0.2) is 33.8 Å². The third-order valence-corrected chi connectivity index (χ3v) is 7.62. The third kappa shape index (κ3) is 6.06. The highest BCUT2D eigenvalue weighted by atomic mass is 19.4. The van der Waals surface area contributed by atoms with Gasteiger partial charge in [0, 0.05) is 42.9 Å². The zero-order valence-electron chi connectivity index (χ0n) is 23.3. The van der Waals surface area contributed by atoms with Crippen molar-refractivity contribution >= 4 is 40.4 Å². The fourth-order valence-electron chi connectivity index (χ4n) is 5.33. The average Bonchev–Trinajstić information content (AvgIpc) is 3.79. The molecule has 0 bridgehead atoms. The van der Waals surface area contributed by atoms with E-state index in [1.807, 2.05) is 0 Å². The van der Waals surface area contributed by atoms with Gasteiger partial charge in [0.25, 0.3) is 0 Å². The third-order valence-electron chi connectivity index (χ3n) is 7.62. The van der Waals surface area contributed by atoms with Gasteiger partial charge in [0.2, 0.25) is 12.2 Å². The topological polar surface area (TPSA) is 135 Å². The minimum absolute atomic E-state index is 0.264. The van der Waals surface area contributed by atoms with Crippen LogP contribution in [0.5, 0.6) is 11.5 Å². The van der Waals surface area contributed by atoms with E-state index in [0.717, 1.165) is 32.6 Å². The Morgan fingerprint density at radius 2 is 1.95 bits per heavy atom. The summed E-state index contributed by atoms with van der Waals surface area (Å²) in [6.45, 7) is 5.58. The van der Waals surface area contributed by atoms with Gasteiger partial charge in [0.15, 0.2) is 17.3 Å². The molecule has 2 aliphatic rings. The molecule has 2 fully saturated rings. The molecule has 2 aliphatic heterocycles. The molecule has 4 aromatic heterocycles. The highest BCUT2D eigenvalue weighted by molar-refractivity contribution is 5.87. The lowest BCUT2D eigenvalue weighted by Crippen LogP contribution is -2.30. The highest BCUT2D eigenvalue weighted by Crippen LogP contribution is 2.38. The van der Waals surface area contributed by atoms with Crippen LogP contribution in [0.25, 0.3) is 16.7 Å². The van der Waals surface area contributed by atoms with Crippen molar-refractivity contribution in [3.63, 3.8) is 0 Å². The predicted molar refractivity (Wildman–Crippen MR) is 151 cm³/mol. The number of alkyl halides is 3. The fraction of sp³-hybridized carbons (Fsp3) is 0.321. The predicted octanol–water partition coefficient (Wildman–Crippen LogP) is 4.38. The summed E-state index contributed by atoms with van der Waals surface area (Å²) < 4.78 is 54.3. The number of halogens is 4. The maximum atomic E-state index is 15.5. The average molecular weight is 611 g/mol. The van der Waals surface area contributed by atoms with Crippen LogP contribution >= 0.6 is 0 Å². The van der Waals surface area contributed by atoms with Crippen LogP contribution in [-0.2, 0) is 4.79 Å². The Balaban J connectivity index is 0.000000523. The number of hydrogen-bond donors (Lipinski definition) is 2. The number of carbonyl (C=O) groups excluding carboxylic acids is 1. The Kier molecular flexibility index (Phi) is 7.67. The lowest BCUT2D eigenvalue weighted by Gasteiger charge is -2.22. The summed E-state index contributed by atoms with van der Waals surface area (Å²) in [6.07, 6.45) is 2.90. The van der Waals surface area contributed by atoms with Crippen molar-refractivity contribution in [1.29, 1.82) is 0 Å². The molecule has 0 amide bonds. The van der Waals surface area contributed by atoms with Crippen molar-refractivity contribution in [2.75, 3.05) is 36.4 Å². The molecule has 2 N–H and O–H groups in total. The number of hydrogen-bond acceptors (Lipinski definition) is 11. The molecule has 6 heterocycles. The number of anilines is 3. The standard InChI is InChI=1S/C26H25FN10O.C2HF3O/c1-16-20(38-17-4-8-37-21(10-17)31-15-33-37)3-2-18(22(16)27)34-24-23-19(30-14-32-24)11-29-25(35-23)36-9-6-26(13-36)5-7-28-12-26;3-2(4,5)1-6/h2-4,8,10-11,14-15,28H,5-7,9,12-13H2,1H3,(H,30,32,34);1H. The molecule has 16 heteroatoms. The molecule has 0 aliphatic carbocycles. The number of pyridine rings is 1. The van der Waals surface area contributed by atoms with Crippen LogP contribution in [0.1, 0.15) is 18.4 Å². The van der Waals surface area contributed by atoms with Gasteiger partial charge in [-0.3, -0.25) is 4.79 Å². The fourth-order valence-corrected chi connectivity index (χ4v) is 5.33. The summed E-state index contributed by atoms with van der Waals surface area (Å²) in [5, 5.41) is 10.7. The second kappa shape index (κ2) is 11.6. The van der Waals surface area contributed by atoms with E-state index in [0.29, 0.717) is 45.5 Å². The van der Waals surface area contributed by atoms with Crippen LogP contribution in [0.2, 0.25) is 0 Å². The van der Waals surface area contributed by atoms with E-state index in [4.69, 9.17) is 14.5 Å². The van der Waals surface area contributed by atoms with E-state index < -0.39 is 18.3 Å². The summed E-state index contributed by atoms with van der Waals surface area (Å²) in [5.41, 5.74) is 2.68. The van der Waals surface area contributed by atoms with E-state index in [1.54, 1.807) is 48.1 Å². The number of aromatic nitrogens is 7.